The molecule has 1 aliphatic heterocycles. The van der Waals surface area contributed by atoms with E-state index in [4.69, 9.17) is 5.11 Å². The average Bonchev–Trinajstić information content (AvgIpc) is 3.11. The first-order chi connectivity index (χ1) is 13.4. The van der Waals surface area contributed by atoms with Gasteiger partial charge in [-0.3, -0.25) is 4.79 Å². The summed E-state index contributed by atoms with van der Waals surface area (Å²) in [6, 6.07) is 8.89. The summed E-state index contributed by atoms with van der Waals surface area (Å²) in [6.45, 7) is 5.16. The van der Waals surface area contributed by atoms with Crippen LogP contribution >= 0.6 is 0 Å². The largest absolute Gasteiger partial charge is 0.478 e. The number of piperidine rings is 1. The summed E-state index contributed by atoms with van der Waals surface area (Å²) in [5.41, 5.74) is 4.25. The predicted molar refractivity (Wildman–Crippen MR) is 104 cm³/mol. The predicted octanol–water partition coefficient (Wildman–Crippen LogP) is 3.06. The fourth-order valence-corrected chi connectivity index (χ4v) is 3.92. The summed E-state index contributed by atoms with van der Waals surface area (Å²) in [5.74, 6) is -0.795. The normalized spacial score (nSPS) is 17.1. The van der Waals surface area contributed by atoms with Crippen molar-refractivity contribution in [2.45, 2.75) is 32.6 Å². The molecule has 0 spiro atoms. The molecule has 1 fully saturated rings. The van der Waals surface area contributed by atoms with Crippen LogP contribution in [-0.4, -0.2) is 49.6 Å². The van der Waals surface area contributed by atoms with Gasteiger partial charge in [-0.05, 0) is 50.5 Å². The van der Waals surface area contributed by atoms with Gasteiger partial charge in [-0.1, -0.05) is 12.1 Å². The monoisotopic (exact) mass is 378 g/mol. The van der Waals surface area contributed by atoms with Crippen molar-refractivity contribution >= 4 is 17.5 Å². The zero-order valence-corrected chi connectivity index (χ0v) is 15.9. The maximum absolute atomic E-state index is 13.2. The molecular formula is C21H22N4O3. The number of carboxylic acid groups (broad SMARTS) is 1. The number of nitrogens with zero attached hydrogens (tertiary/aromatic N) is 4. The van der Waals surface area contributed by atoms with Crippen molar-refractivity contribution in [2.24, 2.45) is 0 Å². The maximum Gasteiger partial charge on any atom is 0.335 e. The second-order valence-corrected chi connectivity index (χ2v) is 7.35. The summed E-state index contributed by atoms with van der Waals surface area (Å²) < 4.78 is 1.70. The number of aromatic carboxylic acids is 1. The number of benzene rings is 1. The minimum atomic E-state index is -0.932. The Morgan fingerprint density at radius 1 is 1.18 bits per heavy atom. The number of rotatable bonds is 3. The molecule has 1 aliphatic rings. The van der Waals surface area contributed by atoms with E-state index in [0.29, 0.717) is 24.3 Å². The van der Waals surface area contributed by atoms with Crippen LogP contribution in [0.3, 0.4) is 0 Å². The van der Waals surface area contributed by atoms with Crippen LogP contribution < -0.4 is 0 Å². The maximum atomic E-state index is 13.2. The molecule has 0 saturated carbocycles. The van der Waals surface area contributed by atoms with Crippen LogP contribution in [0.5, 0.6) is 0 Å². The number of aromatic nitrogens is 3. The number of carboxylic acids is 1. The topological polar surface area (TPSA) is 87.8 Å². The minimum absolute atomic E-state index is 0.0562. The van der Waals surface area contributed by atoms with Crippen LogP contribution in [0.4, 0.5) is 0 Å². The number of aryl methyl sites for hydroxylation is 2. The Morgan fingerprint density at radius 2 is 1.93 bits per heavy atom. The molecule has 0 bridgehead atoms. The third kappa shape index (κ3) is 3.24. The highest BCUT2D eigenvalue weighted by Crippen LogP contribution is 2.28. The molecule has 3 aromatic rings. The lowest BCUT2D eigenvalue weighted by Gasteiger charge is -2.33. The van der Waals surface area contributed by atoms with Gasteiger partial charge < -0.3 is 10.0 Å². The van der Waals surface area contributed by atoms with E-state index in [1.807, 2.05) is 36.9 Å². The molecule has 4 rings (SSSR count). The van der Waals surface area contributed by atoms with Gasteiger partial charge in [-0.25, -0.2) is 14.3 Å². The van der Waals surface area contributed by atoms with Gasteiger partial charge in [-0.15, -0.1) is 0 Å². The second-order valence-electron chi connectivity index (χ2n) is 7.35. The van der Waals surface area contributed by atoms with E-state index in [1.54, 1.807) is 22.8 Å². The number of amides is 1. The zero-order valence-electron chi connectivity index (χ0n) is 15.9. The Labute approximate surface area is 162 Å². The van der Waals surface area contributed by atoms with Crippen molar-refractivity contribution in [2.75, 3.05) is 13.1 Å². The van der Waals surface area contributed by atoms with Crippen LogP contribution in [0.15, 0.2) is 36.5 Å². The Morgan fingerprint density at radius 3 is 2.64 bits per heavy atom. The number of carbonyl (C=O) groups is 2. The minimum Gasteiger partial charge on any atom is -0.478 e. The van der Waals surface area contributed by atoms with Gasteiger partial charge in [0, 0.05) is 30.4 Å². The van der Waals surface area contributed by atoms with E-state index in [-0.39, 0.29) is 17.4 Å². The SMILES string of the molecule is Cc1cc(C)n2ncc(C(=O)N3CCCC(c4ccc(C(=O)O)cc4)C3)c2n1. The molecule has 7 heteroatoms. The lowest BCUT2D eigenvalue weighted by atomic mass is 9.90. The number of hydrogen-bond donors (Lipinski definition) is 1. The highest BCUT2D eigenvalue weighted by Gasteiger charge is 2.28. The summed E-state index contributed by atoms with van der Waals surface area (Å²) in [6.07, 6.45) is 3.48. The van der Waals surface area contributed by atoms with Gasteiger partial charge in [0.2, 0.25) is 0 Å². The van der Waals surface area contributed by atoms with E-state index < -0.39 is 5.97 Å². The van der Waals surface area contributed by atoms with E-state index >= 15 is 0 Å². The first-order valence-corrected chi connectivity index (χ1v) is 9.38. The van der Waals surface area contributed by atoms with E-state index in [2.05, 4.69) is 10.1 Å². The van der Waals surface area contributed by atoms with Crippen molar-refractivity contribution in [3.8, 4) is 0 Å². The van der Waals surface area contributed by atoms with E-state index in [1.165, 1.54) is 0 Å². The molecule has 1 atom stereocenters. The lowest BCUT2D eigenvalue weighted by Crippen LogP contribution is -2.39. The fraction of sp³-hybridized carbons (Fsp3) is 0.333. The van der Waals surface area contributed by atoms with Crippen molar-refractivity contribution in [1.82, 2.24) is 19.5 Å². The van der Waals surface area contributed by atoms with Gasteiger partial charge in [-0.2, -0.15) is 5.10 Å². The van der Waals surface area contributed by atoms with Crippen LogP contribution in [0.25, 0.3) is 5.65 Å². The molecule has 2 aromatic heterocycles. The molecule has 1 N–H and O–H groups in total. The first-order valence-electron chi connectivity index (χ1n) is 9.38. The number of hydrogen-bond acceptors (Lipinski definition) is 4. The number of likely N-dealkylation sites (tertiary alicyclic amines) is 1. The molecule has 1 unspecified atom stereocenters. The Hall–Kier alpha value is -3.22. The van der Waals surface area contributed by atoms with E-state index in [0.717, 1.165) is 29.8 Å². The number of carbonyl (C=O) groups excluding carboxylic acids is 1. The summed E-state index contributed by atoms with van der Waals surface area (Å²) in [4.78, 5) is 30.6. The molecule has 1 saturated heterocycles. The summed E-state index contributed by atoms with van der Waals surface area (Å²) >= 11 is 0. The van der Waals surface area contributed by atoms with Crippen molar-refractivity contribution in [3.63, 3.8) is 0 Å². The summed E-state index contributed by atoms with van der Waals surface area (Å²) in [7, 11) is 0. The molecule has 3 heterocycles. The Bertz CT molecular complexity index is 1060. The molecule has 7 nitrogen and oxygen atoms in total. The fourth-order valence-electron chi connectivity index (χ4n) is 3.92. The standard InChI is InChI=1S/C21H22N4O3/c1-13-10-14(2)25-19(23-13)18(11-22-25)20(26)24-9-3-4-17(12-24)15-5-7-16(8-6-15)21(27)28/h5-8,10-11,17H,3-4,9,12H2,1-2H3,(H,27,28). The average molecular weight is 378 g/mol. The molecule has 0 radical (unpaired) electrons. The Kier molecular flexibility index (Phi) is 4.58. The second kappa shape index (κ2) is 7.07. The van der Waals surface area contributed by atoms with Gasteiger partial charge >= 0.3 is 5.97 Å². The Balaban J connectivity index is 1.58. The van der Waals surface area contributed by atoms with Crippen LogP contribution in [0, 0.1) is 13.8 Å². The molecule has 28 heavy (non-hydrogen) atoms. The highest BCUT2D eigenvalue weighted by atomic mass is 16.4. The zero-order chi connectivity index (χ0) is 19.8. The smallest absolute Gasteiger partial charge is 0.335 e. The van der Waals surface area contributed by atoms with Gasteiger partial charge in [0.1, 0.15) is 5.56 Å². The number of fused-ring (bicyclic) bond motifs is 1. The molecule has 1 aromatic carbocycles. The van der Waals surface area contributed by atoms with Crippen molar-refractivity contribution in [1.29, 1.82) is 0 Å². The van der Waals surface area contributed by atoms with Crippen molar-refractivity contribution in [3.05, 3.63) is 64.6 Å². The lowest BCUT2D eigenvalue weighted by molar-refractivity contribution is 0.0694. The van der Waals surface area contributed by atoms with Crippen LogP contribution in [0.1, 0.15) is 56.4 Å². The third-order valence-electron chi connectivity index (χ3n) is 5.35. The van der Waals surface area contributed by atoms with Crippen LogP contribution in [0.2, 0.25) is 0 Å². The highest BCUT2D eigenvalue weighted by molar-refractivity contribution is 5.99. The van der Waals surface area contributed by atoms with Crippen molar-refractivity contribution < 1.29 is 14.7 Å². The third-order valence-corrected chi connectivity index (χ3v) is 5.35. The first kappa shape index (κ1) is 18.2. The van der Waals surface area contributed by atoms with Gasteiger partial charge in [0.15, 0.2) is 5.65 Å². The molecule has 0 aliphatic carbocycles. The van der Waals surface area contributed by atoms with Gasteiger partial charge in [0.25, 0.3) is 5.91 Å². The van der Waals surface area contributed by atoms with Crippen LogP contribution in [-0.2, 0) is 0 Å². The molecular weight excluding hydrogens is 356 g/mol. The van der Waals surface area contributed by atoms with Gasteiger partial charge in [0.05, 0.1) is 11.8 Å². The molecule has 1 amide bonds. The van der Waals surface area contributed by atoms with E-state index in [9.17, 15) is 9.59 Å². The summed E-state index contributed by atoms with van der Waals surface area (Å²) in [5, 5.41) is 13.4. The molecule has 144 valence electrons. The quantitative estimate of drug-likeness (QED) is 0.757.